The normalized spacial score (nSPS) is 18.0. The Labute approximate surface area is 136 Å². The molecule has 2 N–H and O–H groups in total. The van der Waals surface area contributed by atoms with Gasteiger partial charge in [0.15, 0.2) is 0 Å². The second-order valence-electron chi connectivity index (χ2n) is 6.19. The third kappa shape index (κ3) is 3.09. The molecule has 1 aromatic heterocycles. The van der Waals surface area contributed by atoms with Gasteiger partial charge in [-0.3, -0.25) is 9.89 Å². The summed E-state index contributed by atoms with van der Waals surface area (Å²) in [5.74, 6) is 1.08. The molecule has 1 aliphatic rings. The lowest BCUT2D eigenvalue weighted by molar-refractivity contribution is -0.122. The van der Waals surface area contributed by atoms with E-state index in [4.69, 9.17) is 4.74 Å². The maximum atomic E-state index is 12.5. The molecule has 0 unspecified atom stereocenters. The van der Waals surface area contributed by atoms with Crippen molar-refractivity contribution in [2.24, 2.45) is 0 Å². The van der Waals surface area contributed by atoms with Crippen molar-refractivity contribution in [1.82, 2.24) is 15.5 Å². The molecule has 0 bridgehead atoms. The molecular weight excluding hydrogens is 290 g/mol. The third-order valence-electron chi connectivity index (χ3n) is 4.62. The molecule has 2 aromatic rings. The molecule has 0 radical (unpaired) electrons. The van der Waals surface area contributed by atoms with Gasteiger partial charge in [-0.2, -0.15) is 5.10 Å². The summed E-state index contributed by atoms with van der Waals surface area (Å²) in [4.78, 5) is 12.5. The third-order valence-corrected chi connectivity index (χ3v) is 4.62. The van der Waals surface area contributed by atoms with Crippen molar-refractivity contribution in [3.05, 3.63) is 46.8 Å². The van der Waals surface area contributed by atoms with Crippen LogP contribution in [0.1, 0.15) is 47.7 Å². The van der Waals surface area contributed by atoms with Crippen LogP contribution in [0.4, 0.5) is 0 Å². The second kappa shape index (κ2) is 6.44. The minimum absolute atomic E-state index is 0.0431. The highest BCUT2D eigenvalue weighted by atomic mass is 16.5. The summed E-state index contributed by atoms with van der Waals surface area (Å²) >= 11 is 0. The summed E-state index contributed by atoms with van der Waals surface area (Å²) in [5, 5.41) is 10.2. The van der Waals surface area contributed by atoms with Crippen molar-refractivity contribution in [2.75, 3.05) is 13.2 Å². The number of amides is 1. The number of benzene rings is 1. The number of ether oxygens (including phenoxy) is 1. The molecule has 5 nitrogen and oxygen atoms in total. The molecule has 5 heteroatoms. The monoisotopic (exact) mass is 313 g/mol. The number of para-hydroxylation sites is 1. The van der Waals surface area contributed by atoms with Gasteiger partial charge >= 0.3 is 0 Å². The minimum atomic E-state index is -0.205. The molecule has 122 valence electrons. The van der Waals surface area contributed by atoms with Gasteiger partial charge in [-0.05, 0) is 38.8 Å². The number of carbonyl (C=O) groups excluding carboxylic acids is 1. The highest BCUT2D eigenvalue weighted by molar-refractivity contribution is 5.83. The van der Waals surface area contributed by atoms with Gasteiger partial charge in [0.1, 0.15) is 5.75 Å². The van der Waals surface area contributed by atoms with E-state index in [1.165, 1.54) is 5.56 Å². The van der Waals surface area contributed by atoms with Crippen molar-refractivity contribution in [1.29, 1.82) is 0 Å². The average Bonchev–Trinajstić information content (AvgIpc) is 2.90. The number of rotatable bonds is 4. The van der Waals surface area contributed by atoms with Gasteiger partial charge < -0.3 is 10.1 Å². The van der Waals surface area contributed by atoms with E-state index in [0.717, 1.165) is 29.1 Å². The summed E-state index contributed by atoms with van der Waals surface area (Å²) in [6.07, 6.45) is 0.926. The largest absolute Gasteiger partial charge is 0.493 e. The molecule has 0 saturated carbocycles. The topological polar surface area (TPSA) is 67.0 Å². The lowest BCUT2D eigenvalue weighted by Gasteiger charge is -2.26. The maximum Gasteiger partial charge on any atom is 0.227 e. The highest BCUT2D eigenvalue weighted by Crippen LogP contribution is 2.33. The van der Waals surface area contributed by atoms with Crippen LogP contribution < -0.4 is 10.1 Å². The maximum absolute atomic E-state index is 12.5. The predicted molar refractivity (Wildman–Crippen MR) is 88.8 cm³/mol. The lowest BCUT2D eigenvalue weighted by atomic mass is 9.92. The molecule has 2 atom stereocenters. The van der Waals surface area contributed by atoms with Crippen LogP contribution in [0, 0.1) is 13.8 Å². The highest BCUT2D eigenvalue weighted by Gasteiger charge is 2.24. The van der Waals surface area contributed by atoms with E-state index < -0.39 is 0 Å². The molecular formula is C18H23N3O2. The average molecular weight is 313 g/mol. The number of aromatic nitrogens is 2. The van der Waals surface area contributed by atoms with Gasteiger partial charge in [-0.15, -0.1) is 0 Å². The molecule has 1 aliphatic heterocycles. The van der Waals surface area contributed by atoms with Gasteiger partial charge in [0.2, 0.25) is 5.91 Å². The van der Waals surface area contributed by atoms with E-state index in [1.807, 2.05) is 39.0 Å². The van der Waals surface area contributed by atoms with E-state index in [2.05, 4.69) is 21.6 Å². The second-order valence-corrected chi connectivity index (χ2v) is 6.19. The van der Waals surface area contributed by atoms with Gasteiger partial charge in [-0.1, -0.05) is 18.2 Å². The van der Waals surface area contributed by atoms with Gasteiger partial charge in [0.25, 0.3) is 0 Å². The lowest BCUT2D eigenvalue weighted by Crippen LogP contribution is -2.33. The molecule has 1 amide bonds. The molecule has 3 rings (SSSR count). The predicted octanol–water partition coefficient (Wildman–Crippen LogP) is 2.81. The van der Waals surface area contributed by atoms with Crippen LogP contribution in [0.3, 0.4) is 0 Å². The van der Waals surface area contributed by atoms with Crippen LogP contribution in [-0.4, -0.2) is 29.3 Å². The zero-order valence-electron chi connectivity index (χ0n) is 13.8. The zero-order chi connectivity index (χ0) is 16.4. The SMILES string of the molecule is Cc1n[nH]c(C)c1[C@@H](C)C(=O)NC[C@H]1CCOc2ccccc21. The van der Waals surface area contributed by atoms with Gasteiger partial charge in [-0.25, -0.2) is 0 Å². The van der Waals surface area contributed by atoms with Crippen LogP contribution in [0.2, 0.25) is 0 Å². The number of fused-ring (bicyclic) bond motifs is 1. The van der Waals surface area contributed by atoms with E-state index >= 15 is 0 Å². The number of nitrogens with one attached hydrogen (secondary N) is 2. The first-order valence-corrected chi connectivity index (χ1v) is 8.08. The first kappa shape index (κ1) is 15.6. The molecule has 1 aromatic carbocycles. The number of aryl methyl sites for hydroxylation is 2. The Morgan fingerprint density at radius 1 is 1.43 bits per heavy atom. The Kier molecular flexibility index (Phi) is 4.37. The van der Waals surface area contributed by atoms with Crippen LogP contribution in [0.5, 0.6) is 5.75 Å². The standard InChI is InChI=1S/C18H23N3O2/c1-11(17-12(2)20-21-13(17)3)18(22)19-10-14-8-9-23-16-7-5-4-6-15(14)16/h4-7,11,14H,8-10H2,1-3H3,(H,19,22)(H,20,21)/t11-,14-/m1/s1. The fraction of sp³-hybridized carbons (Fsp3) is 0.444. The first-order valence-electron chi connectivity index (χ1n) is 8.08. The van der Waals surface area contributed by atoms with Crippen LogP contribution in [0.15, 0.2) is 24.3 Å². The zero-order valence-corrected chi connectivity index (χ0v) is 13.8. The molecule has 23 heavy (non-hydrogen) atoms. The number of carbonyl (C=O) groups is 1. The Balaban J connectivity index is 1.66. The molecule has 0 spiro atoms. The van der Waals surface area contributed by atoms with E-state index in [-0.39, 0.29) is 11.8 Å². The van der Waals surface area contributed by atoms with E-state index in [9.17, 15) is 4.79 Å². The Morgan fingerprint density at radius 3 is 2.96 bits per heavy atom. The first-order chi connectivity index (χ1) is 11.1. The number of hydrogen-bond donors (Lipinski definition) is 2. The fourth-order valence-corrected chi connectivity index (χ4v) is 3.33. The van der Waals surface area contributed by atoms with Crippen LogP contribution in [-0.2, 0) is 4.79 Å². The van der Waals surface area contributed by atoms with E-state index in [1.54, 1.807) is 0 Å². The fourth-order valence-electron chi connectivity index (χ4n) is 3.33. The number of H-pyrrole nitrogens is 1. The summed E-state index contributed by atoms with van der Waals surface area (Å²) in [7, 11) is 0. The summed E-state index contributed by atoms with van der Waals surface area (Å²) < 4.78 is 5.67. The summed E-state index contributed by atoms with van der Waals surface area (Å²) in [5.41, 5.74) is 4.03. The number of nitrogens with zero attached hydrogens (tertiary/aromatic N) is 1. The molecule has 0 saturated heterocycles. The minimum Gasteiger partial charge on any atom is -0.493 e. The molecule has 0 aliphatic carbocycles. The summed E-state index contributed by atoms with van der Waals surface area (Å²) in [6.45, 7) is 7.15. The van der Waals surface area contributed by atoms with E-state index in [0.29, 0.717) is 19.1 Å². The Hall–Kier alpha value is -2.30. The van der Waals surface area contributed by atoms with Crippen molar-refractivity contribution in [3.8, 4) is 5.75 Å². The number of hydrogen-bond acceptors (Lipinski definition) is 3. The Morgan fingerprint density at radius 2 is 2.22 bits per heavy atom. The van der Waals surface area contributed by atoms with Crippen molar-refractivity contribution >= 4 is 5.91 Å². The summed E-state index contributed by atoms with van der Waals surface area (Å²) in [6, 6.07) is 8.07. The van der Waals surface area contributed by atoms with Crippen LogP contribution >= 0.6 is 0 Å². The van der Waals surface area contributed by atoms with Crippen molar-refractivity contribution in [2.45, 2.75) is 39.0 Å². The van der Waals surface area contributed by atoms with Crippen LogP contribution in [0.25, 0.3) is 0 Å². The number of aromatic amines is 1. The molecule has 2 heterocycles. The molecule has 0 fully saturated rings. The van der Waals surface area contributed by atoms with Crippen molar-refractivity contribution in [3.63, 3.8) is 0 Å². The quantitative estimate of drug-likeness (QED) is 0.912. The van der Waals surface area contributed by atoms with Crippen molar-refractivity contribution < 1.29 is 9.53 Å². The van der Waals surface area contributed by atoms with Gasteiger partial charge in [0, 0.05) is 23.7 Å². The smallest absolute Gasteiger partial charge is 0.227 e. The Bertz CT molecular complexity index is 689. The van der Waals surface area contributed by atoms with Gasteiger partial charge in [0.05, 0.1) is 18.2 Å².